The number of hydrogen-bond donors (Lipinski definition) is 2. The molecule has 1 aromatic carbocycles. The maximum atomic E-state index is 12.8. The second-order valence-corrected chi connectivity index (χ2v) is 9.28. The summed E-state index contributed by atoms with van der Waals surface area (Å²) in [5.41, 5.74) is 0.518. The number of methoxy groups -OCH3 is 1. The van der Waals surface area contributed by atoms with Crippen molar-refractivity contribution in [2.45, 2.75) is 50.6 Å². The van der Waals surface area contributed by atoms with E-state index in [1.807, 2.05) is 6.07 Å². The number of nitrogens with zero attached hydrogens (tertiary/aromatic N) is 4. The molecule has 5 rings (SSSR count). The summed E-state index contributed by atoms with van der Waals surface area (Å²) in [6, 6.07) is 6.47. The standard InChI is InChI=1S/C23H30N6O3/c1-32-21-19(27-12-9-16-14(13-27)3-7-18(16)26-11-2-10-24)8-6-17-20(21)28(15-4-5-15)23(31)29(25)22(17)30/h6,8,14-16,18,26H,2-5,7,9,11-13,25H2,1H3. The molecule has 2 aliphatic carbocycles. The highest BCUT2D eigenvalue weighted by Crippen LogP contribution is 2.44. The molecule has 2 aromatic rings. The van der Waals surface area contributed by atoms with Crippen molar-refractivity contribution in [1.82, 2.24) is 14.6 Å². The fourth-order valence-corrected chi connectivity index (χ4v) is 5.80. The molecule has 3 atom stereocenters. The largest absolute Gasteiger partial charge is 0.492 e. The van der Waals surface area contributed by atoms with Crippen LogP contribution in [0.4, 0.5) is 5.69 Å². The number of nitrogens with one attached hydrogen (secondary N) is 1. The van der Waals surface area contributed by atoms with E-state index in [0.717, 1.165) is 57.4 Å². The van der Waals surface area contributed by atoms with Crippen molar-refractivity contribution < 1.29 is 4.74 Å². The molecule has 9 nitrogen and oxygen atoms in total. The first kappa shape index (κ1) is 20.9. The van der Waals surface area contributed by atoms with Crippen molar-refractivity contribution in [2.75, 3.05) is 37.5 Å². The normalized spacial score (nSPS) is 25.0. The number of hydrogen-bond acceptors (Lipinski definition) is 7. The molecule has 32 heavy (non-hydrogen) atoms. The van der Waals surface area contributed by atoms with Gasteiger partial charge >= 0.3 is 5.69 Å². The summed E-state index contributed by atoms with van der Waals surface area (Å²) in [6.07, 6.45) is 5.70. The molecule has 1 aliphatic heterocycles. The number of nitrogen functional groups attached to an aromatic ring is 1. The van der Waals surface area contributed by atoms with Crippen molar-refractivity contribution in [3.63, 3.8) is 0 Å². The molecule has 1 saturated heterocycles. The van der Waals surface area contributed by atoms with Gasteiger partial charge in [0.15, 0.2) is 5.75 Å². The molecule has 3 unspecified atom stereocenters. The van der Waals surface area contributed by atoms with Gasteiger partial charge in [-0.2, -0.15) is 9.94 Å². The highest BCUT2D eigenvalue weighted by atomic mass is 16.5. The van der Waals surface area contributed by atoms with Gasteiger partial charge in [-0.3, -0.25) is 9.36 Å². The van der Waals surface area contributed by atoms with Crippen molar-refractivity contribution in [2.24, 2.45) is 11.8 Å². The first-order valence-electron chi connectivity index (χ1n) is 11.5. The Morgan fingerprint density at radius 2 is 2.03 bits per heavy atom. The summed E-state index contributed by atoms with van der Waals surface area (Å²) in [6.45, 7) is 2.57. The lowest BCUT2D eigenvalue weighted by atomic mass is 9.86. The maximum absolute atomic E-state index is 12.8. The maximum Gasteiger partial charge on any atom is 0.350 e. The van der Waals surface area contributed by atoms with Crippen LogP contribution in [0.1, 0.15) is 44.6 Å². The first-order chi connectivity index (χ1) is 15.5. The first-order valence-corrected chi connectivity index (χ1v) is 11.5. The summed E-state index contributed by atoms with van der Waals surface area (Å²) >= 11 is 0. The molecule has 0 amide bonds. The van der Waals surface area contributed by atoms with Crippen LogP contribution in [-0.2, 0) is 0 Å². The Kier molecular flexibility index (Phi) is 5.33. The number of aromatic nitrogens is 2. The molecule has 2 saturated carbocycles. The SMILES string of the molecule is COc1c(N2CCC3C(CCC3NCCC#N)C2)ccc2c(=O)n(N)c(=O)n(C3CC3)c12. The monoisotopic (exact) mass is 438 g/mol. The molecule has 2 heterocycles. The van der Waals surface area contributed by atoms with E-state index in [4.69, 9.17) is 15.8 Å². The number of benzene rings is 1. The summed E-state index contributed by atoms with van der Waals surface area (Å²) in [5.74, 6) is 7.58. The Balaban J connectivity index is 1.49. The molecule has 3 fully saturated rings. The van der Waals surface area contributed by atoms with Crippen LogP contribution in [0.2, 0.25) is 0 Å². The lowest BCUT2D eigenvalue weighted by molar-refractivity contribution is 0.278. The predicted molar refractivity (Wildman–Crippen MR) is 123 cm³/mol. The third-order valence-electron chi connectivity index (χ3n) is 7.47. The smallest absolute Gasteiger partial charge is 0.350 e. The van der Waals surface area contributed by atoms with Crippen LogP contribution in [0.25, 0.3) is 10.9 Å². The van der Waals surface area contributed by atoms with Gasteiger partial charge in [0, 0.05) is 38.1 Å². The fourth-order valence-electron chi connectivity index (χ4n) is 5.80. The number of piperidine rings is 1. The Labute approximate surface area is 186 Å². The molecule has 9 heteroatoms. The lowest BCUT2D eigenvalue weighted by Crippen LogP contribution is -2.45. The number of rotatable bonds is 6. The fraction of sp³-hybridized carbons (Fsp3) is 0.609. The molecular weight excluding hydrogens is 408 g/mol. The van der Waals surface area contributed by atoms with Gasteiger partial charge in [0.05, 0.1) is 24.3 Å². The zero-order chi connectivity index (χ0) is 22.4. The number of nitrogens with two attached hydrogens (primary N) is 1. The van der Waals surface area contributed by atoms with Gasteiger partial charge in [-0.15, -0.1) is 0 Å². The quantitative estimate of drug-likeness (QED) is 0.516. The van der Waals surface area contributed by atoms with Gasteiger partial charge in [-0.05, 0) is 56.1 Å². The zero-order valence-electron chi connectivity index (χ0n) is 18.4. The van der Waals surface area contributed by atoms with E-state index in [-0.39, 0.29) is 6.04 Å². The van der Waals surface area contributed by atoms with Gasteiger partial charge in [0.2, 0.25) is 0 Å². The molecular formula is C23H30N6O3. The van der Waals surface area contributed by atoms with E-state index in [1.54, 1.807) is 17.7 Å². The third kappa shape index (κ3) is 3.34. The Hall–Kier alpha value is -2.99. The Morgan fingerprint density at radius 3 is 2.75 bits per heavy atom. The van der Waals surface area contributed by atoms with Crippen LogP contribution >= 0.6 is 0 Å². The minimum Gasteiger partial charge on any atom is -0.492 e. The minimum absolute atomic E-state index is 0.0605. The number of fused-ring (bicyclic) bond motifs is 2. The van der Waals surface area contributed by atoms with Gasteiger partial charge < -0.3 is 20.8 Å². The van der Waals surface area contributed by atoms with Gasteiger partial charge in [-0.25, -0.2) is 4.79 Å². The van der Waals surface area contributed by atoms with E-state index in [9.17, 15) is 9.59 Å². The molecule has 0 bridgehead atoms. The second kappa shape index (κ2) is 8.17. The molecule has 3 aliphatic rings. The van der Waals surface area contributed by atoms with Crippen molar-refractivity contribution in [1.29, 1.82) is 5.26 Å². The van der Waals surface area contributed by atoms with Crippen LogP contribution in [-0.4, -0.2) is 42.0 Å². The third-order valence-corrected chi connectivity index (χ3v) is 7.47. The molecule has 170 valence electrons. The molecule has 0 spiro atoms. The van der Waals surface area contributed by atoms with Gasteiger partial charge in [-0.1, -0.05) is 0 Å². The zero-order valence-corrected chi connectivity index (χ0v) is 18.4. The summed E-state index contributed by atoms with van der Waals surface area (Å²) in [5, 5.41) is 12.8. The topological polar surface area (TPSA) is 118 Å². The molecule has 3 N–H and O–H groups in total. The molecule has 1 aromatic heterocycles. The number of ether oxygens (including phenoxy) is 1. The Bertz CT molecular complexity index is 1190. The summed E-state index contributed by atoms with van der Waals surface area (Å²) in [4.78, 5) is 27.9. The van der Waals surface area contributed by atoms with Crippen LogP contribution in [0.3, 0.4) is 0 Å². The lowest BCUT2D eigenvalue weighted by Gasteiger charge is -2.39. The van der Waals surface area contributed by atoms with Crippen molar-refractivity contribution in [3.05, 3.63) is 33.0 Å². The van der Waals surface area contributed by atoms with E-state index in [0.29, 0.717) is 45.6 Å². The van der Waals surface area contributed by atoms with Crippen LogP contribution in [0.15, 0.2) is 21.7 Å². The van der Waals surface area contributed by atoms with E-state index >= 15 is 0 Å². The van der Waals surface area contributed by atoms with E-state index < -0.39 is 11.2 Å². The van der Waals surface area contributed by atoms with Crippen molar-refractivity contribution >= 4 is 16.6 Å². The summed E-state index contributed by atoms with van der Waals surface area (Å²) < 4.78 is 8.21. The average molecular weight is 439 g/mol. The number of nitriles is 1. The van der Waals surface area contributed by atoms with E-state index in [2.05, 4.69) is 16.3 Å². The van der Waals surface area contributed by atoms with Gasteiger partial charge in [0.25, 0.3) is 5.56 Å². The van der Waals surface area contributed by atoms with Crippen molar-refractivity contribution in [3.8, 4) is 11.8 Å². The Morgan fingerprint density at radius 1 is 1.22 bits per heavy atom. The highest BCUT2D eigenvalue weighted by Gasteiger charge is 2.40. The van der Waals surface area contributed by atoms with Crippen LogP contribution in [0.5, 0.6) is 5.75 Å². The highest BCUT2D eigenvalue weighted by molar-refractivity contribution is 5.90. The second-order valence-electron chi connectivity index (χ2n) is 9.28. The van der Waals surface area contributed by atoms with Gasteiger partial charge in [0.1, 0.15) is 5.52 Å². The molecule has 0 radical (unpaired) electrons. The van der Waals surface area contributed by atoms with Crippen LogP contribution < -0.4 is 32.0 Å². The minimum atomic E-state index is -0.493. The van der Waals surface area contributed by atoms with Crippen LogP contribution in [0, 0.1) is 23.2 Å². The number of anilines is 1. The van der Waals surface area contributed by atoms with E-state index in [1.165, 1.54) is 0 Å². The average Bonchev–Trinajstić information content (AvgIpc) is 3.57. The predicted octanol–water partition coefficient (Wildman–Crippen LogP) is 1.33. The summed E-state index contributed by atoms with van der Waals surface area (Å²) in [7, 11) is 1.60.